The Balaban J connectivity index is 1.46. The summed E-state index contributed by atoms with van der Waals surface area (Å²) in [7, 11) is 1.61. The molecule has 2 aromatic carbocycles. The highest BCUT2D eigenvalue weighted by molar-refractivity contribution is 5.94. The quantitative estimate of drug-likeness (QED) is 0.397. The van der Waals surface area contributed by atoms with E-state index in [4.69, 9.17) is 9.47 Å². The number of nitrogens with zero attached hydrogens (tertiary/aromatic N) is 4. The molecule has 0 spiro atoms. The largest absolute Gasteiger partial charge is 0.493 e. The Labute approximate surface area is 198 Å². The summed E-state index contributed by atoms with van der Waals surface area (Å²) in [5.41, 5.74) is 2.69. The van der Waals surface area contributed by atoms with E-state index < -0.39 is 0 Å². The topological polar surface area (TPSA) is 91.2 Å². The first-order valence-electron chi connectivity index (χ1n) is 11.3. The van der Waals surface area contributed by atoms with Gasteiger partial charge in [-0.2, -0.15) is 0 Å². The maximum absolute atomic E-state index is 12.9. The van der Waals surface area contributed by atoms with Crippen molar-refractivity contribution in [3.63, 3.8) is 0 Å². The number of aromatic nitrogens is 4. The molecule has 2 aromatic heterocycles. The minimum Gasteiger partial charge on any atom is -0.493 e. The smallest absolute Gasteiger partial charge is 0.274 e. The lowest BCUT2D eigenvalue weighted by Gasteiger charge is -2.13. The van der Waals surface area contributed by atoms with Gasteiger partial charge >= 0.3 is 0 Å². The SMILES string of the molecule is COc1cc(CNC(=O)c2nnn(-c3cccc4cnccc34)c2C)ccc1OCCC(C)C. The summed E-state index contributed by atoms with van der Waals surface area (Å²) in [4.78, 5) is 17.1. The number of amides is 1. The van der Waals surface area contributed by atoms with Crippen molar-refractivity contribution in [2.24, 2.45) is 5.92 Å². The third-order valence-corrected chi connectivity index (χ3v) is 5.63. The maximum Gasteiger partial charge on any atom is 0.274 e. The molecule has 4 aromatic rings. The molecule has 0 atom stereocenters. The van der Waals surface area contributed by atoms with Crippen LogP contribution >= 0.6 is 0 Å². The minimum atomic E-state index is -0.290. The van der Waals surface area contributed by atoms with Crippen LogP contribution in [0, 0.1) is 12.8 Å². The van der Waals surface area contributed by atoms with Crippen molar-refractivity contribution in [3.8, 4) is 17.2 Å². The highest BCUT2D eigenvalue weighted by atomic mass is 16.5. The van der Waals surface area contributed by atoms with Gasteiger partial charge in [0.1, 0.15) is 0 Å². The summed E-state index contributed by atoms with van der Waals surface area (Å²) >= 11 is 0. The molecule has 34 heavy (non-hydrogen) atoms. The van der Waals surface area contributed by atoms with E-state index >= 15 is 0 Å². The lowest BCUT2D eigenvalue weighted by atomic mass is 10.1. The Bertz CT molecular complexity index is 1290. The van der Waals surface area contributed by atoms with Gasteiger partial charge in [0.05, 0.1) is 25.1 Å². The number of hydrogen-bond acceptors (Lipinski definition) is 6. The molecule has 0 radical (unpaired) electrons. The van der Waals surface area contributed by atoms with Gasteiger partial charge in [-0.05, 0) is 49.1 Å². The van der Waals surface area contributed by atoms with E-state index in [9.17, 15) is 4.79 Å². The number of methoxy groups -OCH3 is 1. The van der Waals surface area contributed by atoms with Crippen molar-refractivity contribution in [2.45, 2.75) is 33.7 Å². The van der Waals surface area contributed by atoms with Crippen molar-refractivity contribution in [1.29, 1.82) is 0 Å². The second-order valence-corrected chi connectivity index (χ2v) is 8.51. The van der Waals surface area contributed by atoms with Gasteiger partial charge in [-0.1, -0.05) is 37.3 Å². The molecular formula is C26H29N5O3. The zero-order chi connectivity index (χ0) is 24.1. The zero-order valence-electron chi connectivity index (χ0n) is 19.9. The lowest BCUT2D eigenvalue weighted by Crippen LogP contribution is -2.24. The number of carbonyl (C=O) groups is 1. The van der Waals surface area contributed by atoms with Crippen molar-refractivity contribution < 1.29 is 14.3 Å². The summed E-state index contributed by atoms with van der Waals surface area (Å²) in [6.07, 6.45) is 4.50. The van der Waals surface area contributed by atoms with E-state index in [2.05, 4.69) is 34.5 Å². The Hall–Kier alpha value is -3.94. The number of rotatable bonds is 9. The number of carbonyl (C=O) groups excluding carboxylic acids is 1. The van der Waals surface area contributed by atoms with Crippen LogP contribution in [-0.2, 0) is 6.54 Å². The highest BCUT2D eigenvalue weighted by Gasteiger charge is 2.18. The molecule has 0 saturated carbocycles. The number of hydrogen-bond donors (Lipinski definition) is 1. The first-order chi connectivity index (χ1) is 16.5. The predicted molar refractivity (Wildman–Crippen MR) is 131 cm³/mol. The van der Waals surface area contributed by atoms with Crippen molar-refractivity contribution in [2.75, 3.05) is 13.7 Å². The van der Waals surface area contributed by atoms with E-state index in [-0.39, 0.29) is 11.6 Å². The van der Waals surface area contributed by atoms with Crippen LogP contribution in [0.5, 0.6) is 11.5 Å². The van der Waals surface area contributed by atoms with Gasteiger partial charge in [-0.3, -0.25) is 9.78 Å². The third kappa shape index (κ3) is 5.01. The molecule has 8 nitrogen and oxygen atoms in total. The summed E-state index contributed by atoms with van der Waals surface area (Å²) in [6.45, 7) is 7.11. The molecule has 0 aliphatic carbocycles. The highest BCUT2D eigenvalue weighted by Crippen LogP contribution is 2.28. The number of benzene rings is 2. The standard InChI is InChI=1S/C26H29N5O3/c1-17(2)11-13-34-23-9-8-19(14-24(23)33-4)15-28-26(32)25-18(3)31(30-29-25)22-7-5-6-20-16-27-12-10-21(20)22/h5-10,12,14,16-17H,11,13,15H2,1-4H3,(H,28,32). The number of ether oxygens (including phenoxy) is 2. The van der Waals surface area contributed by atoms with Crippen molar-refractivity contribution in [3.05, 3.63) is 71.8 Å². The summed E-state index contributed by atoms with van der Waals surface area (Å²) in [5, 5.41) is 13.3. The van der Waals surface area contributed by atoms with Crippen LogP contribution in [0.25, 0.3) is 16.5 Å². The Morgan fingerprint density at radius 1 is 1.15 bits per heavy atom. The average Bonchev–Trinajstić information content (AvgIpc) is 3.23. The van der Waals surface area contributed by atoms with E-state index in [1.165, 1.54) is 0 Å². The molecule has 1 N–H and O–H groups in total. The van der Waals surface area contributed by atoms with E-state index in [0.717, 1.165) is 28.4 Å². The van der Waals surface area contributed by atoms with E-state index in [1.54, 1.807) is 24.2 Å². The molecule has 0 unspecified atom stereocenters. The predicted octanol–water partition coefficient (Wildman–Crippen LogP) is 4.49. The first kappa shape index (κ1) is 23.2. The molecule has 176 valence electrons. The Morgan fingerprint density at radius 2 is 2.00 bits per heavy atom. The normalized spacial score (nSPS) is 11.1. The van der Waals surface area contributed by atoms with Gasteiger partial charge in [0, 0.05) is 29.7 Å². The van der Waals surface area contributed by atoms with E-state index in [0.29, 0.717) is 36.3 Å². The third-order valence-electron chi connectivity index (χ3n) is 5.63. The van der Waals surface area contributed by atoms with Crippen LogP contribution in [0.3, 0.4) is 0 Å². The van der Waals surface area contributed by atoms with Gasteiger partial charge in [-0.15, -0.1) is 5.10 Å². The fraction of sp³-hybridized carbons (Fsp3) is 0.308. The molecule has 0 fully saturated rings. The minimum absolute atomic E-state index is 0.284. The molecule has 0 aliphatic heterocycles. The molecule has 2 heterocycles. The average molecular weight is 460 g/mol. The summed E-state index contributed by atoms with van der Waals surface area (Å²) < 4.78 is 13.0. The molecule has 4 rings (SSSR count). The Morgan fingerprint density at radius 3 is 2.79 bits per heavy atom. The first-order valence-corrected chi connectivity index (χ1v) is 11.3. The second-order valence-electron chi connectivity index (χ2n) is 8.51. The van der Waals surface area contributed by atoms with Crippen LogP contribution in [0.15, 0.2) is 54.9 Å². The second kappa shape index (κ2) is 10.3. The lowest BCUT2D eigenvalue weighted by molar-refractivity contribution is 0.0945. The van der Waals surface area contributed by atoms with E-state index in [1.807, 2.05) is 49.4 Å². The molecule has 0 saturated heterocycles. The van der Waals surface area contributed by atoms with Crippen LogP contribution < -0.4 is 14.8 Å². The molecule has 8 heteroatoms. The van der Waals surface area contributed by atoms with Gasteiger partial charge in [0.25, 0.3) is 5.91 Å². The van der Waals surface area contributed by atoms with Crippen molar-refractivity contribution >= 4 is 16.7 Å². The van der Waals surface area contributed by atoms with Crippen LogP contribution in [0.1, 0.15) is 42.0 Å². The summed E-state index contributed by atoms with van der Waals surface area (Å²) in [5.74, 6) is 1.62. The van der Waals surface area contributed by atoms with Crippen LogP contribution in [0.2, 0.25) is 0 Å². The van der Waals surface area contributed by atoms with Gasteiger partial charge in [-0.25, -0.2) is 4.68 Å². The van der Waals surface area contributed by atoms with Crippen LogP contribution in [-0.4, -0.2) is 39.6 Å². The fourth-order valence-electron chi connectivity index (χ4n) is 3.67. The van der Waals surface area contributed by atoms with Crippen molar-refractivity contribution in [1.82, 2.24) is 25.3 Å². The fourth-order valence-corrected chi connectivity index (χ4v) is 3.67. The number of pyridine rings is 1. The van der Waals surface area contributed by atoms with Crippen LogP contribution in [0.4, 0.5) is 0 Å². The van der Waals surface area contributed by atoms with Gasteiger partial charge in [0.2, 0.25) is 0 Å². The summed E-state index contributed by atoms with van der Waals surface area (Å²) in [6, 6.07) is 13.5. The monoisotopic (exact) mass is 459 g/mol. The zero-order valence-corrected chi connectivity index (χ0v) is 19.9. The molecule has 1 amide bonds. The Kier molecular flexibility index (Phi) is 7.06. The number of nitrogens with one attached hydrogen (secondary N) is 1. The molecule has 0 aliphatic rings. The molecule has 0 bridgehead atoms. The van der Waals surface area contributed by atoms with Gasteiger partial charge < -0.3 is 14.8 Å². The number of fused-ring (bicyclic) bond motifs is 1. The van der Waals surface area contributed by atoms with Gasteiger partial charge in [0.15, 0.2) is 17.2 Å². The maximum atomic E-state index is 12.9. The molecular weight excluding hydrogens is 430 g/mol.